The zero-order valence-corrected chi connectivity index (χ0v) is 17.6. The highest BCUT2D eigenvalue weighted by atomic mass is 16.6. The lowest BCUT2D eigenvalue weighted by molar-refractivity contribution is 0.346. The molecule has 0 unspecified atom stereocenters. The van der Waals surface area contributed by atoms with E-state index in [4.69, 9.17) is 23.4 Å². The number of fused-ring (bicyclic) bond motifs is 1. The zero-order valence-electron chi connectivity index (χ0n) is 17.6. The van der Waals surface area contributed by atoms with Gasteiger partial charge in [0.1, 0.15) is 28.7 Å². The number of methoxy groups -OCH3 is 3. The van der Waals surface area contributed by atoms with Crippen molar-refractivity contribution in [3.63, 3.8) is 0 Å². The van der Waals surface area contributed by atoms with E-state index in [1.807, 2.05) is 42.5 Å². The molecule has 0 saturated carbocycles. The van der Waals surface area contributed by atoms with Gasteiger partial charge in [0.2, 0.25) is 0 Å². The third-order valence-electron chi connectivity index (χ3n) is 4.83. The summed E-state index contributed by atoms with van der Waals surface area (Å²) in [5, 5.41) is 5.31. The molecule has 4 aromatic rings. The minimum atomic E-state index is 0.364. The molecule has 0 spiro atoms. The Labute approximate surface area is 180 Å². The molecule has 0 amide bonds. The Morgan fingerprint density at radius 2 is 1.52 bits per heavy atom. The van der Waals surface area contributed by atoms with Gasteiger partial charge in [-0.25, -0.2) is 0 Å². The molecule has 1 heterocycles. The summed E-state index contributed by atoms with van der Waals surface area (Å²) in [6, 6.07) is 21.0. The molecule has 158 valence electrons. The predicted molar refractivity (Wildman–Crippen MR) is 121 cm³/mol. The van der Waals surface area contributed by atoms with Crippen molar-refractivity contribution in [3.8, 4) is 28.9 Å². The van der Waals surface area contributed by atoms with Crippen molar-refractivity contribution >= 4 is 22.2 Å². The number of anilines is 1. The van der Waals surface area contributed by atoms with E-state index in [1.165, 1.54) is 0 Å². The van der Waals surface area contributed by atoms with Crippen LogP contribution in [0.2, 0.25) is 0 Å². The van der Waals surface area contributed by atoms with Crippen molar-refractivity contribution in [2.75, 3.05) is 26.6 Å². The summed E-state index contributed by atoms with van der Waals surface area (Å²) in [5.74, 6) is 3.33. The van der Waals surface area contributed by atoms with Crippen LogP contribution in [-0.2, 0) is 0 Å². The molecule has 0 aliphatic carbocycles. The van der Waals surface area contributed by atoms with Crippen LogP contribution in [0.3, 0.4) is 0 Å². The number of ether oxygens (including phenoxy) is 4. The molecule has 3 aromatic carbocycles. The first-order valence-corrected chi connectivity index (χ1v) is 9.64. The molecule has 0 atom stereocenters. The van der Waals surface area contributed by atoms with Gasteiger partial charge in [-0.05, 0) is 17.5 Å². The first kappa shape index (κ1) is 20.2. The summed E-state index contributed by atoms with van der Waals surface area (Å²) >= 11 is 0. The minimum absolute atomic E-state index is 0.364. The summed E-state index contributed by atoms with van der Waals surface area (Å²) in [6.45, 7) is 4.08. The monoisotopic (exact) mass is 417 g/mol. The quantitative estimate of drug-likeness (QED) is 0.361. The second-order valence-electron chi connectivity index (χ2n) is 6.71. The van der Waals surface area contributed by atoms with Gasteiger partial charge in [-0.3, -0.25) is 0 Å². The number of hydrogen-bond acceptors (Lipinski definition) is 6. The van der Waals surface area contributed by atoms with Crippen LogP contribution in [0.25, 0.3) is 16.5 Å². The molecule has 0 radical (unpaired) electrons. The first-order valence-electron chi connectivity index (χ1n) is 9.64. The Morgan fingerprint density at radius 3 is 2.23 bits per heavy atom. The molecule has 1 aromatic heterocycles. The van der Waals surface area contributed by atoms with Gasteiger partial charge in [0.25, 0.3) is 5.95 Å². The second kappa shape index (κ2) is 8.75. The largest absolute Gasteiger partial charge is 0.496 e. The smallest absolute Gasteiger partial charge is 0.290 e. The van der Waals surface area contributed by atoms with Crippen LogP contribution >= 0.6 is 0 Å². The van der Waals surface area contributed by atoms with E-state index in [9.17, 15) is 0 Å². The maximum atomic E-state index is 5.99. The lowest BCUT2D eigenvalue weighted by Crippen LogP contribution is -2.02. The molecule has 6 nitrogen and oxygen atoms in total. The van der Waals surface area contributed by atoms with Crippen LogP contribution in [0, 0.1) is 0 Å². The number of hydrogen-bond donors (Lipinski definition) is 1. The summed E-state index contributed by atoms with van der Waals surface area (Å²) in [7, 11) is 4.73. The Kier molecular flexibility index (Phi) is 5.71. The second-order valence-corrected chi connectivity index (χ2v) is 6.71. The van der Waals surface area contributed by atoms with Crippen LogP contribution in [0.15, 0.2) is 77.7 Å². The minimum Gasteiger partial charge on any atom is -0.496 e. The molecular weight excluding hydrogens is 394 g/mol. The van der Waals surface area contributed by atoms with Crippen molar-refractivity contribution < 1.29 is 23.4 Å². The first-order chi connectivity index (χ1) is 15.1. The highest BCUT2D eigenvalue weighted by Crippen LogP contribution is 2.41. The van der Waals surface area contributed by atoms with Crippen molar-refractivity contribution in [3.05, 3.63) is 79.1 Å². The van der Waals surface area contributed by atoms with E-state index in [0.29, 0.717) is 40.3 Å². The maximum Gasteiger partial charge on any atom is 0.290 e. The lowest BCUT2D eigenvalue weighted by atomic mass is 10.1. The average molecular weight is 417 g/mol. The lowest BCUT2D eigenvalue weighted by Gasteiger charge is -2.17. The molecule has 31 heavy (non-hydrogen) atoms. The van der Waals surface area contributed by atoms with Crippen LogP contribution in [0.1, 0.15) is 5.76 Å². The third kappa shape index (κ3) is 4.14. The van der Waals surface area contributed by atoms with E-state index < -0.39 is 0 Å². The van der Waals surface area contributed by atoms with Gasteiger partial charge in [0.15, 0.2) is 5.76 Å². The van der Waals surface area contributed by atoms with Crippen molar-refractivity contribution in [1.29, 1.82) is 0 Å². The number of furan rings is 1. The van der Waals surface area contributed by atoms with E-state index in [-0.39, 0.29) is 0 Å². The van der Waals surface area contributed by atoms with Crippen LogP contribution in [-0.4, -0.2) is 21.3 Å². The topological polar surface area (TPSA) is 62.1 Å². The highest BCUT2D eigenvalue weighted by molar-refractivity contribution is 5.88. The molecule has 0 aliphatic rings. The Bertz CT molecular complexity index is 1200. The molecule has 0 fully saturated rings. The summed E-state index contributed by atoms with van der Waals surface area (Å²) in [5.41, 5.74) is 1.14. The maximum absolute atomic E-state index is 5.99. The molecule has 0 saturated heterocycles. The van der Waals surface area contributed by atoms with Gasteiger partial charge in [-0.2, -0.15) is 0 Å². The van der Waals surface area contributed by atoms with Gasteiger partial charge in [0, 0.05) is 23.6 Å². The number of benzene rings is 3. The Morgan fingerprint density at radius 1 is 0.806 bits per heavy atom. The van der Waals surface area contributed by atoms with Crippen molar-refractivity contribution in [2.45, 2.75) is 0 Å². The van der Waals surface area contributed by atoms with Crippen molar-refractivity contribution in [1.82, 2.24) is 0 Å². The van der Waals surface area contributed by atoms with Crippen LogP contribution in [0.5, 0.6) is 28.9 Å². The Hall–Kier alpha value is -4.06. The summed E-state index contributed by atoms with van der Waals surface area (Å²) in [6.07, 6.45) is 0. The Balaban J connectivity index is 1.57. The SMILES string of the molecule is C=C(Nc1c(OC)cc(OC)cc1OC)c1ccc(Oc2cccc3ccccc23)o1. The van der Waals surface area contributed by atoms with E-state index in [1.54, 1.807) is 45.6 Å². The van der Waals surface area contributed by atoms with Crippen LogP contribution in [0.4, 0.5) is 5.69 Å². The summed E-state index contributed by atoms with van der Waals surface area (Å²) in [4.78, 5) is 0. The standard InChI is InChI=1S/C25H23NO5/c1-16(26-25-22(28-3)14-18(27-2)15-23(25)29-4)20-12-13-24(30-20)31-21-11-7-9-17-8-5-6-10-19(17)21/h5-15,26H,1H2,2-4H3. The number of rotatable bonds is 8. The number of nitrogens with one attached hydrogen (secondary N) is 1. The fourth-order valence-electron chi connectivity index (χ4n) is 3.27. The van der Waals surface area contributed by atoms with Gasteiger partial charge < -0.3 is 28.7 Å². The summed E-state index contributed by atoms with van der Waals surface area (Å²) < 4.78 is 28.1. The van der Waals surface area contributed by atoms with Gasteiger partial charge >= 0.3 is 0 Å². The average Bonchev–Trinajstić information content (AvgIpc) is 3.28. The van der Waals surface area contributed by atoms with E-state index in [2.05, 4.69) is 11.9 Å². The third-order valence-corrected chi connectivity index (χ3v) is 4.83. The van der Waals surface area contributed by atoms with Gasteiger partial charge in [-0.15, -0.1) is 0 Å². The molecule has 1 N–H and O–H groups in total. The predicted octanol–water partition coefficient (Wildman–Crippen LogP) is 6.33. The van der Waals surface area contributed by atoms with Gasteiger partial charge in [0.05, 0.1) is 27.0 Å². The van der Waals surface area contributed by atoms with E-state index >= 15 is 0 Å². The van der Waals surface area contributed by atoms with E-state index in [0.717, 1.165) is 16.5 Å². The molecule has 4 rings (SSSR count). The molecule has 0 aliphatic heterocycles. The molecular formula is C25H23NO5. The van der Waals surface area contributed by atoms with Gasteiger partial charge in [-0.1, -0.05) is 43.0 Å². The highest BCUT2D eigenvalue weighted by Gasteiger charge is 2.16. The van der Waals surface area contributed by atoms with Crippen molar-refractivity contribution in [2.24, 2.45) is 0 Å². The molecule has 6 heteroatoms. The normalized spacial score (nSPS) is 10.5. The molecule has 0 bridgehead atoms. The fraction of sp³-hybridized carbons (Fsp3) is 0.120. The fourth-order valence-corrected chi connectivity index (χ4v) is 3.27. The zero-order chi connectivity index (χ0) is 21.8. The van der Waals surface area contributed by atoms with Crippen LogP contribution < -0.4 is 24.3 Å².